The Morgan fingerprint density at radius 2 is 1.33 bits per heavy atom. The molecule has 13 heteroatoms. The Balaban J connectivity index is 1.23. The highest BCUT2D eigenvalue weighted by Crippen LogP contribution is 2.76. The molecule has 2 saturated heterocycles. The summed E-state index contributed by atoms with van der Waals surface area (Å²) in [7, 11) is 0. The number of hydrogen-bond acceptors (Lipinski definition) is 13. The van der Waals surface area contributed by atoms with Gasteiger partial charge in [0.05, 0.1) is 31.0 Å². The smallest absolute Gasteiger partial charge is 0.187 e. The molecule has 0 bridgehead atoms. The summed E-state index contributed by atoms with van der Waals surface area (Å²) in [4.78, 5) is 0. The van der Waals surface area contributed by atoms with Crippen LogP contribution >= 0.6 is 0 Å². The highest BCUT2D eigenvalue weighted by Gasteiger charge is 2.71. The van der Waals surface area contributed by atoms with Crippen molar-refractivity contribution in [3.63, 3.8) is 0 Å². The van der Waals surface area contributed by atoms with Crippen LogP contribution in [0.2, 0.25) is 0 Å². The molecule has 6 rings (SSSR count). The summed E-state index contributed by atoms with van der Waals surface area (Å²) in [6.45, 7) is 16.5. The molecule has 0 aromatic carbocycles. The number of hydrogen-bond donors (Lipinski definition) is 9. The highest BCUT2D eigenvalue weighted by atomic mass is 16.8. The lowest BCUT2D eigenvalue weighted by Gasteiger charge is -2.70. The van der Waals surface area contributed by atoms with Gasteiger partial charge in [0, 0.05) is 0 Å². The maximum Gasteiger partial charge on any atom is 0.187 e. The third-order valence-corrected chi connectivity index (χ3v) is 16.6. The van der Waals surface area contributed by atoms with Crippen LogP contribution in [-0.2, 0) is 18.9 Å². The Morgan fingerprint density at radius 1 is 0.727 bits per heavy atom. The quantitative estimate of drug-likeness (QED) is 0.115. The van der Waals surface area contributed by atoms with Gasteiger partial charge in [-0.2, -0.15) is 0 Å². The van der Waals surface area contributed by atoms with Crippen LogP contribution in [0.5, 0.6) is 0 Å². The summed E-state index contributed by atoms with van der Waals surface area (Å²) >= 11 is 0. The lowest BCUT2D eigenvalue weighted by Crippen LogP contribution is -2.68. The molecule has 0 amide bonds. The minimum atomic E-state index is -1.75. The molecule has 9 N–H and O–H groups in total. The predicted octanol–water partition coefficient (Wildman–Crippen LogP) is 2.15. The van der Waals surface area contributed by atoms with Crippen molar-refractivity contribution in [2.75, 3.05) is 13.2 Å². The Bertz CT molecular complexity index is 1370. The van der Waals surface area contributed by atoms with Gasteiger partial charge in [0.15, 0.2) is 12.6 Å². The third-order valence-electron chi connectivity index (χ3n) is 16.6. The standard InChI is InChI=1S/C42H72O13/c1-21(2)10-9-14-42(8,51)22-11-16-41(7)29(22)23(45)18-27-39(5)15-13-28(38(3,4)26(39)12-17-40(27,41)6)54-37-35(33(49)31(47)25(20-44)53-37)55-36-34(50)32(48)30(46)24(19-43)52-36/h10,22-37,43-51H,9,11-20H2,1-8H3/t22-,23+,24+,25+,26-,27+,28-,29-,30+,31+,32-,33-,34+,35+,36-,37+,39-,40+,41+,42?/m0/s1. The van der Waals surface area contributed by atoms with Crippen molar-refractivity contribution >= 4 is 0 Å². The SMILES string of the molecule is CC(C)=CCCC(C)(O)[C@H]1CC[C@]2(C)[C@@H]1[C@H](O)C[C@@H]1[C@@]3(C)CC[C@H](O[C@H]4O[C@H](CO)[C@@H](O)[C@H](O)[C@H]4O[C@@H]4O[C@H](CO)[C@@H](O)[C@H](O)[C@H]4O)C(C)(C)[C@@H]3CC[C@]12C. The molecule has 0 aromatic heterocycles. The van der Waals surface area contributed by atoms with E-state index < -0.39 is 97.8 Å². The summed E-state index contributed by atoms with van der Waals surface area (Å²) in [5.41, 5.74) is -0.405. The van der Waals surface area contributed by atoms with Gasteiger partial charge >= 0.3 is 0 Å². The van der Waals surface area contributed by atoms with E-state index in [1.54, 1.807) is 0 Å². The highest BCUT2D eigenvalue weighted by molar-refractivity contribution is 5.20. The molecular formula is C42H72O13. The first-order valence-electron chi connectivity index (χ1n) is 20.9. The number of ether oxygens (including phenoxy) is 4. The van der Waals surface area contributed by atoms with Crippen molar-refractivity contribution in [3.05, 3.63) is 11.6 Å². The summed E-state index contributed by atoms with van der Waals surface area (Å²) in [5, 5.41) is 97.4. The fraction of sp³-hybridized carbons (Fsp3) is 0.952. The lowest BCUT2D eigenvalue weighted by atomic mass is 9.35. The molecule has 0 spiro atoms. The number of aliphatic hydroxyl groups excluding tert-OH is 8. The monoisotopic (exact) mass is 784 g/mol. The minimum Gasteiger partial charge on any atom is -0.394 e. The van der Waals surface area contributed by atoms with E-state index in [4.69, 9.17) is 18.9 Å². The van der Waals surface area contributed by atoms with Crippen LogP contribution in [-0.4, -0.2) is 138 Å². The van der Waals surface area contributed by atoms with E-state index in [1.165, 1.54) is 5.57 Å². The zero-order valence-electron chi connectivity index (χ0n) is 34.3. The molecule has 1 unspecified atom stereocenters. The van der Waals surface area contributed by atoms with Gasteiger partial charge in [0.1, 0.15) is 48.8 Å². The fourth-order valence-corrected chi connectivity index (χ4v) is 13.3. The first kappa shape index (κ1) is 43.8. The summed E-state index contributed by atoms with van der Waals surface area (Å²) in [6, 6.07) is 0. The fourth-order valence-electron chi connectivity index (χ4n) is 13.3. The van der Waals surface area contributed by atoms with Crippen LogP contribution < -0.4 is 0 Å². The predicted molar refractivity (Wildman–Crippen MR) is 201 cm³/mol. The van der Waals surface area contributed by atoms with Gasteiger partial charge in [0.25, 0.3) is 0 Å². The minimum absolute atomic E-state index is 0.00798. The molecule has 4 aliphatic carbocycles. The van der Waals surface area contributed by atoms with Crippen molar-refractivity contribution in [3.8, 4) is 0 Å². The molecule has 0 radical (unpaired) electrons. The Labute approximate surface area is 327 Å². The zero-order chi connectivity index (χ0) is 40.6. The molecule has 4 saturated carbocycles. The van der Waals surface area contributed by atoms with E-state index >= 15 is 0 Å². The van der Waals surface area contributed by atoms with Gasteiger partial charge in [0.2, 0.25) is 0 Å². The molecule has 55 heavy (non-hydrogen) atoms. The van der Waals surface area contributed by atoms with Crippen LogP contribution in [0.1, 0.15) is 113 Å². The van der Waals surface area contributed by atoms with Crippen LogP contribution in [0.4, 0.5) is 0 Å². The maximum atomic E-state index is 12.2. The number of rotatable bonds is 10. The second-order valence-electron chi connectivity index (χ2n) is 20.1. The Morgan fingerprint density at radius 3 is 1.95 bits per heavy atom. The van der Waals surface area contributed by atoms with Gasteiger partial charge < -0.3 is 64.9 Å². The maximum absolute atomic E-state index is 12.2. The van der Waals surface area contributed by atoms with Crippen molar-refractivity contribution in [2.24, 2.45) is 45.3 Å². The van der Waals surface area contributed by atoms with Crippen molar-refractivity contribution < 1.29 is 64.9 Å². The number of aliphatic hydroxyl groups is 9. The average molecular weight is 785 g/mol. The van der Waals surface area contributed by atoms with E-state index in [9.17, 15) is 46.0 Å². The molecule has 6 fully saturated rings. The van der Waals surface area contributed by atoms with Crippen molar-refractivity contribution in [2.45, 2.75) is 192 Å². The average Bonchev–Trinajstić information content (AvgIpc) is 3.50. The zero-order valence-corrected chi connectivity index (χ0v) is 34.3. The topological polar surface area (TPSA) is 219 Å². The largest absolute Gasteiger partial charge is 0.394 e. The summed E-state index contributed by atoms with van der Waals surface area (Å²) in [6.07, 6.45) is -6.48. The first-order valence-corrected chi connectivity index (χ1v) is 20.9. The van der Waals surface area contributed by atoms with E-state index in [0.29, 0.717) is 19.3 Å². The third kappa shape index (κ3) is 7.20. The Hall–Kier alpha value is -0.780. The Kier molecular flexibility index (Phi) is 12.5. The molecule has 20 atom stereocenters. The van der Waals surface area contributed by atoms with Crippen LogP contribution in [0, 0.1) is 45.3 Å². The van der Waals surface area contributed by atoms with Gasteiger partial charge in [-0.05, 0) is 124 Å². The molecular weight excluding hydrogens is 712 g/mol. The van der Waals surface area contributed by atoms with Crippen molar-refractivity contribution in [1.29, 1.82) is 0 Å². The number of allylic oxidation sites excluding steroid dienone is 2. The normalized spacial score (nSPS) is 52.0. The van der Waals surface area contributed by atoms with Gasteiger partial charge in [-0.25, -0.2) is 0 Å². The van der Waals surface area contributed by atoms with Gasteiger partial charge in [-0.1, -0.05) is 46.3 Å². The number of fused-ring (bicyclic) bond motifs is 5. The lowest BCUT2D eigenvalue weighted by molar-refractivity contribution is -0.378. The van der Waals surface area contributed by atoms with Gasteiger partial charge in [-0.3, -0.25) is 0 Å². The van der Waals surface area contributed by atoms with Crippen LogP contribution in [0.25, 0.3) is 0 Å². The van der Waals surface area contributed by atoms with Crippen LogP contribution in [0.3, 0.4) is 0 Å². The molecule has 318 valence electrons. The second-order valence-corrected chi connectivity index (χ2v) is 20.1. The van der Waals surface area contributed by atoms with Crippen molar-refractivity contribution in [1.82, 2.24) is 0 Å². The summed E-state index contributed by atoms with van der Waals surface area (Å²) in [5.74, 6) is 0.445. The summed E-state index contributed by atoms with van der Waals surface area (Å²) < 4.78 is 24.4. The molecule has 0 aromatic rings. The molecule has 6 aliphatic rings. The first-order chi connectivity index (χ1) is 25.6. The second kappa shape index (κ2) is 15.7. The van der Waals surface area contributed by atoms with E-state index in [0.717, 1.165) is 38.5 Å². The molecule has 2 aliphatic heterocycles. The van der Waals surface area contributed by atoms with Crippen LogP contribution in [0.15, 0.2) is 11.6 Å². The van der Waals surface area contributed by atoms with Gasteiger partial charge in [-0.15, -0.1) is 0 Å². The molecule has 2 heterocycles. The van der Waals surface area contributed by atoms with E-state index in [-0.39, 0.29) is 39.9 Å². The van der Waals surface area contributed by atoms with E-state index in [1.807, 2.05) is 6.92 Å². The molecule has 13 nitrogen and oxygen atoms in total. The van der Waals surface area contributed by atoms with E-state index in [2.05, 4.69) is 54.5 Å².